The molecule has 27 nitrogen and oxygen atoms in total. The molecule has 1 fully saturated rings. The number of rotatable bonds is 53. The van der Waals surface area contributed by atoms with Crippen molar-refractivity contribution in [3.8, 4) is 0 Å². The van der Waals surface area contributed by atoms with Crippen molar-refractivity contribution in [1.29, 1.82) is 0 Å². The Morgan fingerprint density at radius 1 is 0.494 bits per heavy atom. The molecule has 0 aromatic heterocycles. The highest BCUT2D eigenvalue weighted by molar-refractivity contribution is 7.53. The Balaban J connectivity index is 2.98. The minimum absolute atomic E-state index is 0.0785. The summed E-state index contributed by atoms with van der Waals surface area (Å²) in [4.78, 5) is 106. The standard InChI is InChI=1S/C51H100N11O16P/c1-3-39-79(70,71-2)78-43-21-19-42(20-22-43)50(68)60-26-14-10-15-44(51(69)61-25-13-6-9-18-47(65)59-29-32-74-35-38-77-54)62(40-48(66)55-23-11-4-7-16-45(63)57-27-30-72-33-36-75-52)41-49(67)56-24-12-5-8-17-46(64)58-28-31-73-34-37-76-53/h42-44H,3-41,52-54H2,1-2H3,(H,55,66)(H,56,67)(H,57,63)(H,58,64)(H,59,65)(H,60,68)(H,61,69). The smallest absolute Gasteiger partial charge is 0.330 e. The molecule has 28 heteroatoms. The van der Waals surface area contributed by atoms with Crippen LogP contribution in [0.2, 0.25) is 0 Å². The van der Waals surface area contributed by atoms with Gasteiger partial charge in [-0.3, -0.25) is 43.0 Å². The Bertz CT molecular complexity index is 1630. The molecule has 0 aliphatic heterocycles. The van der Waals surface area contributed by atoms with Crippen LogP contribution in [0.15, 0.2) is 0 Å². The molecular weight excluding hydrogens is 1050 g/mol. The van der Waals surface area contributed by atoms with E-state index in [2.05, 4.69) is 51.7 Å². The second kappa shape index (κ2) is 49.8. The van der Waals surface area contributed by atoms with Crippen LogP contribution in [-0.2, 0) is 75.9 Å². The Morgan fingerprint density at radius 3 is 1.32 bits per heavy atom. The van der Waals surface area contributed by atoms with Gasteiger partial charge in [0.1, 0.15) is 0 Å². The quantitative estimate of drug-likeness (QED) is 0.0229. The van der Waals surface area contributed by atoms with Crippen molar-refractivity contribution in [3.05, 3.63) is 0 Å². The first-order valence-corrected chi connectivity index (χ1v) is 30.2. The zero-order valence-electron chi connectivity index (χ0n) is 47.5. The fourth-order valence-electron chi connectivity index (χ4n) is 8.40. The van der Waals surface area contributed by atoms with Crippen LogP contribution >= 0.6 is 7.60 Å². The topological polar surface area (TPSA) is 376 Å². The Hall–Kier alpha value is -3.96. The second-order valence-corrected chi connectivity index (χ2v) is 21.5. The lowest BCUT2D eigenvalue weighted by atomic mass is 9.87. The van der Waals surface area contributed by atoms with Crippen molar-refractivity contribution in [2.24, 2.45) is 23.6 Å². The average Bonchev–Trinajstić information content (AvgIpc) is 3.43. The largest absolute Gasteiger partial charge is 0.377 e. The van der Waals surface area contributed by atoms with Crippen molar-refractivity contribution < 1.29 is 75.9 Å². The van der Waals surface area contributed by atoms with Gasteiger partial charge in [0.05, 0.1) is 84.7 Å². The predicted molar refractivity (Wildman–Crippen MR) is 295 cm³/mol. The molecule has 0 radical (unpaired) electrons. The molecule has 2 atom stereocenters. The fourth-order valence-corrected chi connectivity index (χ4v) is 9.99. The molecule has 0 aromatic rings. The van der Waals surface area contributed by atoms with Gasteiger partial charge in [-0.2, -0.15) is 0 Å². The second-order valence-electron chi connectivity index (χ2n) is 19.2. The molecule has 79 heavy (non-hydrogen) atoms. The van der Waals surface area contributed by atoms with E-state index >= 15 is 0 Å². The summed E-state index contributed by atoms with van der Waals surface area (Å²) in [7, 11) is -1.77. The summed E-state index contributed by atoms with van der Waals surface area (Å²) in [5.74, 6) is 13.2. The summed E-state index contributed by atoms with van der Waals surface area (Å²) >= 11 is 0. The van der Waals surface area contributed by atoms with E-state index in [0.29, 0.717) is 214 Å². The highest BCUT2D eigenvalue weighted by atomic mass is 31.2. The number of nitrogens with one attached hydrogen (secondary N) is 7. The van der Waals surface area contributed by atoms with Crippen LogP contribution in [0.5, 0.6) is 0 Å². The number of hydrogen-bond donors (Lipinski definition) is 10. The normalized spacial score (nSPS) is 15.4. The number of hydrogen-bond acceptors (Lipinski definition) is 20. The number of carbonyl (C=O) groups is 7. The summed E-state index contributed by atoms with van der Waals surface area (Å²) in [5.41, 5.74) is 0. The van der Waals surface area contributed by atoms with Crippen molar-refractivity contribution in [3.63, 3.8) is 0 Å². The minimum atomic E-state index is -3.17. The molecule has 0 spiro atoms. The first kappa shape index (κ1) is 73.1. The van der Waals surface area contributed by atoms with Crippen molar-refractivity contribution in [2.45, 2.75) is 147 Å². The fraction of sp³-hybridized carbons (Fsp3) is 0.863. The monoisotopic (exact) mass is 1150 g/mol. The van der Waals surface area contributed by atoms with Crippen LogP contribution in [0.25, 0.3) is 0 Å². The van der Waals surface area contributed by atoms with E-state index in [1.807, 2.05) is 6.92 Å². The zero-order valence-corrected chi connectivity index (χ0v) is 48.4. The van der Waals surface area contributed by atoms with E-state index in [4.69, 9.17) is 40.9 Å². The Labute approximate surface area is 468 Å². The van der Waals surface area contributed by atoms with E-state index < -0.39 is 13.6 Å². The summed E-state index contributed by atoms with van der Waals surface area (Å²) < 4.78 is 39.9. The number of amides is 7. The molecule has 1 saturated carbocycles. The lowest BCUT2D eigenvalue weighted by molar-refractivity contribution is -0.132. The predicted octanol–water partition coefficient (Wildman–Crippen LogP) is 0.867. The first-order chi connectivity index (χ1) is 38.3. The molecule has 1 aliphatic carbocycles. The summed E-state index contributed by atoms with van der Waals surface area (Å²) in [5, 5.41) is 20.3. The van der Waals surface area contributed by atoms with Crippen LogP contribution in [0.1, 0.15) is 135 Å². The maximum absolute atomic E-state index is 14.2. The van der Waals surface area contributed by atoms with Crippen molar-refractivity contribution in [1.82, 2.24) is 42.1 Å². The number of carbonyl (C=O) groups excluding carboxylic acids is 7. The third-order valence-electron chi connectivity index (χ3n) is 12.7. The van der Waals surface area contributed by atoms with Gasteiger partial charge in [0.15, 0.2) is 0 Å². The Morgan fingerprint density at radius 2 is 0.899 bits per heavy atom. The maximum atomic E-state index is 14.2. The average molecular weight is 1150 g/mol. The molecule has 1 aliphatic rings. The SMILES string of the molecule is CCCP(=O)(OC)OC1CCC(C(=O)NCCCCC(C(=O)NCCCCCC(=O)NCCOCCON)N(CC(=O)NCCCCCC(=O)NCCOCCON)CC(=O)NCCCCCC(=O)NCCOCCON)CC1. The van der Waals surface area contributed by atoms with E-state index in [1.54, 1.807) is 4.90 Å². The zero-order chi connectivity index (χ0) is 58.0. The highest BCUT2D eigenvalue weighted by Crippen LogP contribution is 2.50. The van der Waals surface area contributed by atoms with Crippen LogP contribution < -0.4 is 54.9 Å². The van der Waals surface area contributed by atoms with Gasteiger partial charge < -0.3 is 75.0 Å². The molecule has 7 amide bonds. The molecule has 0 heterocycles. The summed E-state index contributed by atoms with van der Waals surface area (Å²) in [6.07, 6.45) is 11.0. The molecule has 1 rings (SSSR count). The summed E-state index contributed by atoms with van der Waals surface area (Å²) in [6, 6.07) is -0.890. The van der Waals surface area contributed by atoms with Crippen molar-refractivity contribution >= 4 is 48.9 Å². The van der Waals surface area contributed by atoms with Gasteiger partial charge in [0.2, 0.25) is 41.4 Å². The summed E-state index contributed by atoms with van der Waals surface area (Å²) in [6.45, 7) is 6.53. The number of nitrogens with two attached hydrogens (primary N) is 3. The first-order valence-electron chi connectivity index (χ1n) is 28.5. The minimum Gasteiger partial charge on any atom is -0.377 e. The van der Waals surface area contributed by atoms with Crippen molar-refractivity contribution in [2.75, 3.05) is 132 Å². The molecule has 460 valence electrons. The van der Waals surface area contributed by atoms with Gasteiger partial charge in [-0.05, 0) is 89.9 Å². The molecule has 0 saturated heterocycles. The van der Waals surface area contributed by atoms with E-state index in [-0.39, 0.29) is 92.7 Å². The number of nitrogens with zero attached hydrogens (tertiary/aromatic N) is 1. The maximum Gasteiger partial charge on any atom is 0.330 e. The molecule has 2 unspecified atom stereocenters. The van der Waals surface area contributed by atoms with E-state index in [0.717, 1.165) is 0 Å². The van der Waals surface area contributed by atoms with E-state index in [1.165, 1.54) is 7.11 Å². The molecular formula is C51H100N11O16P. The molecule has 0 bridgehead atoms. The van der Waals surface area contributed by atoms with Gasteiger partial charge in [0, 0.05) is 84.3 Å². The van der Waals surface area contributed by atoms with Gasteiger partial charge in [-0.1, -0.05) is 26.2 Å². The van der Waals surface area contributed by atoms with Gasteiger partial charge in [-0.25, -0.2) is 17.7 Å². The van der Waals surface area contributed by atoms with Crippen LogP contribution in [-0.4, -0.2) is 190 Å². The van der Waals surface area contributed by atoms with Crippen LogP contribution in [0.4, 0.5) is 0 Å². The lowest BCUT2D eigenvalue weighted by Gasteiger charge is -2.30. The molecule has 13 N–H and O–H groups in total. The van der Waals surface area contributed by atoms with Crippen LogP contribution in [0.3, 0.4) is 0 Å². The number of ether oxygens (including phenoxy) is 3. The van der Waals surface area contributed by atoms with Crippen LogP contribution in [0, 0.1) is 5.92 Å². The highest BCUT2D eigenvalue weighted by Gasteiger charge is 2.33. The third kappa shape index (κ3) is 40.8. The number of unbranched alkanes of at least 4 members (excludes halogenated alkanes) is 7. The lowest BCUT2D eigenvalue weighted by Crippen LogP contribution is -2.53. The van der Waals surface area contributed by atoms with Gasteiger partial charge in [-0.15, -0.1) is 0 Å². The third-order valence-corrected chi connectivity index (χ3v) is 14.9. The van der Waals surface area contributed by atoms with E-state index in [9.17, 15) is 38.1 Å². The van der Waals surface area contributed by atoms with Gasteiger partial charge >= 0.3 is 7.60 Å². The van der Waals surface area contributed by atoms with Gasteiger partial charge in [0.25, 0.3) is 0 Å². The molecule has 0 aromatic carbocycles. The Kier molecular flexibility index (Phi) is 46.1.